The monoisotopic (exact) mass is 217 g/mol. The van der Waals surface area contributed by atoms with Crippen molar-refractivity contribution >= 4 is 11.5 Å². The first-order valence-corrected chi connectivity index (χ1v) is 5.41. The quantitative estimate of drug-likeness (QED) is 0.653. The number of nitrogens with zero attached hydrogens (tertiary/aromatic N) is 1. The van der Waals surface area contributed by atoms with Crippen LogP contribution in [0.1, 0.15) is 10.4 Å². The maximum absolute atomic E-state index is 12.4. The van der Waals surface area contributed by atoms with E-state index in [4.69, 9.17) is 9.47 Å². The highest BCUT2D eigenvalue weighted by atomic mass is 16.6. The van der Waals surface area contributed by atoms with Gasteiger partial charge in [0, 0.05) is 12.7 Å². The van der Waals surface area contributed by atoms with E-state index in [9.17, 15) is 4.79 Å². The molecule has 0 aliphatic carbocycles. The van der Waals surface area contributed by atoms with Gasteiger partial charge in [-0.05, 0) is 12.1 Å². The lowest BCUT2D eigenvalue weighted by molar-refractivity contribution is -0.0103. The predicted octanol–water partition coefficient (Wildman–Crippen LogP) is 0.813. The topological polar surface area (TPSA) is 42.1 Å². The molecular formula is C12H11NO3. The number of benzene rings is 1. The summed E-state index contributed by atoms with van der Waals surface area (Å²) < 4.78 is 11.0. The van der Waals surface area contributed by atoms with Gasteiger partial charge >= 0.3 is 0 Å². The molecule has 0 N–H and O–H groups in total. The Balaban J connectivity index is 1.96. The Labute approximate surface area is 92.8 Å². The highest BCUT2D eigenvalue weighted by Gasteiger charge is 2.72. The summed E-state index contributed by atoms with van der Waals surface area (Å²) in [5, 5.41) is 0. The van der Waals surface area contributed by atoms with Gasteiger partial charge in [0.25, 0.3) is 0 Å². The highest BCUT2D eigenvalue weighted by Crippen LogP contribution is 2.53. The number of anilines is 1. The van der Waals surface area contributed by atoms with Crippen LogP contribution in [0.2, 0.25) is 0 Å². The Morgan fingerprint density at radius 2 is 2.31 bits per heavy atom. The van der Waals surface area contributed by atoms with E-state index in [2.05, 4.69) is 0 Å². The van der Waals surface area contributed by atoms with Crippen molar-refractivity contribution in [2.75, 3.05) is 18.6 Å². The summed E-state index contributed by atoms with van der Waals surface area (Å²) in [7, 11) is 1.58. The number of carbonyl (C=O) groups is 1. The molecule has 16 heavy (non-hydrogen) atoms. The molecule has 2 saturated heterocycles. The summed E-state index contributed by atoms with van der Waals surface area (Å²) in [6.45, 7) is 0.751. The summed E-state index contributed by atoms with van der Waals surface area (Å²) in [6, 6.07) is 7.66. The Morgan fingerprint density at radius 3 is 3.12 bits per heavy atom. The molecule has 1 aromatic rings. The van der Waals surface area contributed by atoms with E-state index in [1.54, 1.807) is 7.11 Å². The molecule has 0 spiro atoms. The van der Waals surface area contributed by atoms with Gasteiger partial charge in [0.2, 0.25) is 11.5 Å². The average molecular weight is 217 g/mol. The molecule has 0 amide bonds. The van der Waals surface area contributed by atoms with Crippen molar-refractivity contribution in [3.63, 3.8) is 0 Å². The number of epoxide rings is 1. The molecule has 4 rings (SSSR count). The van der Waals surface area contributed by atoms with Crippen LogP contribution in [0.4, 0.5) is 5.69 Å². The van der Waals surface area contributed by atoms with E-state index in [1.807, 2.05) is 29.2 Å². The first-order valence-electron chi connectivity index (χ1n) is 5.41. The molecule has 3 heterocycles. The van der Waals surface area contributed by atoms with E-state index < -0.39 is 5.72 Å². The number of hydrogen-bond acceptors (Lipinski definition) is 4. The summed E-state index contributed by atoms with van der Waals surface area (Å²) in [6.07, 6.45) is 0.0784. The molecule has 4 nitrogen and oxygen atoms in total. The number of ether oxygens (including phenoxy) is 2. The highest BCUT2D eigenvalue weighted by molar-refractivity contribution is 6.14. The Hall–Kier alpha value is -1.39. The molecule has 0 bridgehead atoms. The molecule has 82 valence electrons. The number of ketones is 1. The number of para-hydroxylation sites is 1. The van der Waals surface area contributed by atoms with Gasteiger partial charge in [-0.25, -0.2) is 0 Å². The first kappa shape index (κ1) is 8.73. The average Bonchev–Trinajstić information content (AvgIpc) is 2.96. The molecular weight excluding hydrogens is 206 g/mol. The summed E-state index contributed by atoms with van der Waals surface area (Å²) >= 11 is 0. The zero-order valence-corrected chi connectivity index (χ0v) is 8.84. The minimum absolute atomic E-state index is 0.0376. The maximum atomic E-state index is 12.4. The lowest BCUT2D eigenvalue weighted by Gasteiger charge is -2.32. The van der Waals surface area contributed by atoms with Crippen LogP contribution in [-0.4, -0.2) is 37.4 Å². The predicted molar refractivity (Wildman–Crippen MR) is 56.5 cm³/mol. The van der Waals surface area contributed by atoms with Crippen molar-refractivity contribution in [2.24, 2.45) is 0 Å². The lowest BCUT2D eigenvalue weighted by atomic mass is 10.0. The second-order valence-electron chi connectivity index (χ2n) is 4.45. The van der Waals surface area contributed by atoms with Crippen LogP contribution in [0, 0.1) is 0 Å². The van der Waals surface area contributed by atoms with E-state index in [1.165, 1.54) is 0 Å². The van der Waals surface area contributed by atoms with Gasteiger partial charge in [0.05, 0.1) is 12.2 Å². The van der Waals surface area contributed by atoms with E-state index in [0.29, 0.717) is 0 Å². The largest absolute Gasteiger partial charge is 0.362 e. The van der Waals surface area contributed by atoms with Crippen LogP contribution >= 0.6 is 0 Å². The normalized spacial score (nSPS) is 38.3. The molecule has 1 aromatic carbocycles. The standard InChI is InChI=1S/C12H11NO3/c1-15-12-10(14)7-4-2-3-5-8(7)13(12)6-9-11(12)16-9/h2-5,9,11H,6H2,1H3/t9-,11-,12+/m1/s1. The van der Waals surface area contributed by atoms with Gasteiger partial charge in [0.15, 0.2) is 0 Å². The van der Waals surface area contributed by atoms with Gasteiger partial charge in [-0.15, -0.1) is 0 Å². The Kier molecular flexibility index (Phi) is 1.35. The van der Waals surface area contributed by atoms with Gasteiger partial charge in [-0.1, -0.05) is 12.1 Å². The van der Waals surface area contributed by atoms with Gasteiger partial charge < -0.3 is 14.4 Å². The van der Waals surface area contributed by atoms with Crippen LogP contribution in [0.3, 0.4) is 0 Å². The molecule has 4 heteroatoms. The molecule has 0 aromatic heterocycles. The van der Waals surface area contributed by atoms with Crippen molar-refractivity contribution in [3.05, 3.63) is 29.8 Å². The number of fused-ring (bicyclic) bond motifs is 5. The van der Waals surface area contributed by atoms with Crippen molar-refractivity contribution in [3.8, 4) is 0 Å². The van der Waals surface area contributed by atoms with Crippen LogP contribution < -0.4 is 4.90 Å². The zero-order valence-electron chi connectivity index (χ0n) is 8.84. The first-order chi connectivity index (χ1) is 7.79. The smallest absolute Gasteiger partial charge is 0.235 e. The third kappa shape index (κ3) is 0.719. The fraction of sp³-hybridized carbons (Fsp3) is 0.417. The second-order valence-corrected chi connectivity index (χ2v) is 4.45. The fourth-order valence-electron chi connectivity index (χ4n) is 3.04. The third-order valence-electron chi connectivity index (χ3n) is 3.81. The van der Waals surface area contributed by atoms with Crippen molar-refractivity contribution in [2.45, 2.75) is 17.9 Å². The number of hydrogen-bond donors (Lipinski definition) is 0. The number of morpholine rings is 1. The second kappa shape index (κ2) is 2.47. The minimum Gasteiger partial charge on any atom is -0.362 e. The van der Waals surface area contributed by atoms with Crippen LogP contribution in [0.15, 0.2) is 24.3 Å². The summed E-state index contributed by atoms with van der Waals surface area (Å²) in [5.74, 6) is 0.0376. The molecule has 3 aliphatic rings. The van der Waals surface area contributed by atoms with Gasteiger partial charge in [-0.3, -0.25) is 4.79 Å². The molecule has 3 atom stereocenters. The summed E-state index contributed by atoms with van der Waals surface area (Å²) in [4.78, 5) is 14.5. The minimum atomic E-state index is -0.881. The van der Waals surface area contributed by atoms with Crippen LogP contribution in [0.25, 0.3) is 0 Å². The van der Waals surface area contributed by atoms with Crippen molar-refractivity contribution in [1.29, 1.82) is 0 Å². The third-order valence-corrected chi connectivity index (χ3v) is 3.81. The van der Waals surface area contributed by atoms with Crippen LogP contribution in [0.5, 0.6) is 0 Å². The van der Waals surface area contributed by atoms with E-state index in [-0.39, 0.29) is 18.0 Å². The molecule has 0 radical (unpaired) electrons. The zero-order chi connectivity index (χ0) is 10.9. The van der Waals surface area contributed by atoms with Gasteiger partial charge in [-0.2, -0.15) is 0 Å². The van der Waals surface area contributed by atoms with E-state index in [0.717, 1.165) is 17.8 Å². The number of Topliss-reactive ketones (excluding diaryl/α,β-unsaturated/α-hetero) is 1. The summed E-state index contributed by atoms with van der Waals surface area (Å²) in [5.41, 5.74) is 0.845. The maximum Gasteiger partial charge on any atom is 0.235 e. The number of carbonyl (C=O) groups excluding carboxylic acids is 1. The molecule has 0 unspecified atom stereocenters. The fourth-order valence-corrected chi connectivity index (χ4v) is 3.04. The Bertz CT molecular complexity index is 501. The van der Waals surface area contributed by atoms with Gasteiger partial charge in [0.1, 0.15) is 12.2 Å². The lowest BCUT2D eigenvalue weighted by Crippen LogP contribution is -2.52. The Morgan fingerprint density at radius 1 is 1.50 bits per heavy atom. The molecule has 0 saturated carbocycles. The van der Waals surface area contributed by atoms with E-state index >= 15 is 0 Å². The van der Waals surface area contributed by atoms with Crippen LogP contribution in [-0.2, 0) is 9.47 Å². The number of methoxy groups -OCH3 is 1. The van der Waals surface area contributed by atoms with Crippen molar-refractivity contribution in [1.82, 2.24) is 0 Å². The number of rotatable bonds is 1. The van der Waals surface area contributed by atoms with Crippen molar-refractivity contribution < 1.29 is 14.3 Å². The molecule has 3 aliphatic heterocycles. The SMILES string of the molecule is CO[C@]12C(=O)c3ccccc3N1C[C@H]1O[C@H]12. The molecule has 2 fully saturated rings.